The lowest BCUT2D eigenvalue weighted by molar-refractivity contribution is 0.104. The van der Waals surface area contributed by atoms with Crippen molar-refractivity contribution in [3.63, 3.8) is 0 Å². The Morgan fingerprint density at radius 1 is 0.970 bits per heavy atom. The average Bonchev–Trinajstić information content (AvgIpc) is 2.82. The van der Waals surface area contributed by atoms with E-state index in [1.54, 1.807) is 19.3 Å². The molecule has 172 valence electrons. The zero-order valence-corrected chi connectivity index (χ0v) is 19.3. The molecular formula is C27H28FNO4. The summed E-state index contributed by atoms with van der Waals surface area (Å²) in [6.07, 6.45) is 3.00. The van der Waals surface area contributed by atoms with Crippen LogP contribution in [-0.2, 0) is 0 Å². The molecule has 0 aliphatic heterocycles. The van der Waals surface area contributed by atoms with E-state index in [9.17, 15) is 9.18 Å². The Balaban J connectivity index is 1.94. The lowest BCUT2D eigenvalue weighted by Gasteiger charge is -2.15. The molecule has 0 aliphatic carbocycles. The van der Waals surface area contributed by atoms with E-state index < -0.39 is 11.6 Å². The van der Waals surface area contributed by atoms with Gasteiger partial charge in [0.25, 0.3) is 0 Å². The second-order valence-electron chi connectivity index (χ2n) is 7.65. The number of benzene rings is 3. The lowest BCUT2D eigenvalue weighted by atomic mass is 10.0. The van der Waals surface area contributed by atoms with Crippen molar-refractivity contribution in [2.24, 2.45) is 0 Å². The SMILES string of the molecule is COc1ccc(C(=O)/C=C/c2cc(-c3ccccc3OC)ccc2OCCN(C)C)c(F)c1. The van der Waals surface area contributed by atoms with Crippen molar-refractivity contribution in [2.75, 3.05) is 41.5 Å². The summed E-state index contributed by atoms with van der Waals surface area (Å²) in [5.41, 5.74) is 2.51. The quantitative estimate of drug-likeness (QED) is 0.309. The van der Waals surface area contributed by atoms with Crippen LogP contribution in [0.5, 0.6) is 17.2 Å². The normalized spacial score (nSPS) is 11.1. The van der Waals surface area contributed by atoms with E-state index in [0.717, 1.165) is 23.4 Å². The van der Waals surface area contributed by atoms with Crippen LogP contribution in [0.1, 0.15) is 15.9 Å². The number of allylic oxidation sites excluding steroid dienone is 1. The molecule has 0 atom stereocenters. The number of ketones is 1. The van der Waals surface area contributed by atoms with Crippen LogP contribution in [0.4, 0.5) is 4.39 Å². The molecule has 0 N–H and O–H groups in total. The van der Waals surface area contributed by atoms with Crippen LogP contribution in [0.2, 0.25) is 0 Å². The van der Waals surface area contributed by atoms with Gasteiger partial charge in [-0.3, -0.25) is 4.79 Å². The molecule has 0 spiro atoms. The highest BCUT2D eigenvalue weighted by Gasteiger charge is 2.12. The smallest absolute Gasteiger partial charge is 0.188 e. The predicted octanol–water partition coefficient (Wildman–Crippen LogP) is 5.35. The van der Waals surface area contributed by atoms with Crippen LogP contribution >= 0.6 is 0 Å². The third-order valence-electron chi connectivity index (χ3n) is 5.08. The Morgan fingerprint density at radius 3 is 2.45 bits per heavy atom. The number of carbonyl (C=O) groups excluding carboxylic acids is 1. The summed E-state index contributed by atoms with van der Waals surface area (Å²) >= 11 is 0. The van der Waals surface area contributed by atoms with Crippen molar-refractivity contribution in [3.8, 4) is 28.4 Å². The molecule has 0 radical (unpaired) electrons. The number of hydrogen-bond donors (Lipinski definition) is 0. The monoisotopic (exact) mass is 449 g/mol. The van der Waals surface area contributed by atoms with E-state index in [0.29, 0.717) is 23.7 Å². The number of rotatable bonds is 10. The van der Waals surface area contributed by atoms with Crippen LogP contribution in [-0.4, -0.2) is 52.1 Å². The van der Waals surface area contributed by atoms with Crippen molar-refractivity contribution < 1.29 is 23.4 Å². The molecule has 6 heteroatoms. The number of halogens is 1. The van der Waals surface area contributed by atoms with E-state index in [2.05, 4.69) is 0 Å². The largest absolute Gasteiger partial charge is 0.497 e. The highest BCUT2D eigenvalue weighted by Crippen LogP contribution is 2.33. The molecule has 3 rings (SSSR count). The van der Waals surface area contributed by atoms with Crippen molar-refractivity contribution in [3.05, 3.63) is 83.7 Å². The summed E-state index contributed by atoms with van der Waals surface area (Å²) in [4.78, 5) is 14.7. The molecule has 0 fully saturated rings. The van der Waals surface area contributed by atoms with Crippen LogP contribution < -0.4 is 14.2 Å². The Labute approximate surface area is 194 Å². The molecule has 0 bridgehead atoms. The number of likely N-dealkylation sites (N-methyl/N-ethyl adjacent to an activating group) is 1. The number of carbonyl (C=O) groups is 1. The fourth-order valence-electron chi connectivity index (χ4n) is 3.28. The van der Waals surface area contributed by atoms with Crippen molar-refractivity contribution in [1.29, 1.82) is 0 Å². The first-order valence-corrected chi connectivity index (χ1v) is 10.5. The maximum atomic E-state index is 14.3. The maximum absolute atomic E-state index is 14.3. The van der Waals surface area contributed by atoms with Gasteiger partial charge in [0.15, 0.2) is 5.78 Å². The average molecular weight is 450 g/mol. The van der Waals surface area contributed by atoms with Gasteiger partial charge in [0.05, 0.1) is 19.8 Å². The van der Waals surface area contributed by atoms with Gasteiger partial charge in [-0.2, -0.15) is 0 Å². The van der Waals surface area contributed by atoms with Gasteiger partial charge in [0.1, 0.15) is 29.7 Å². The minimum atomic E-state index is -0.630. The fraction of sp³-hybridized carbons (Fsp3) is 0.222. The van der Waals surface area contributed by atoms with Crippen LogP contribution in [0.3, 0.4) is 0 Å². The molecule has 3 aromatic carbocycles. The molecule has 5 nitrogen and oxygen atoms in total. The molecular weight excluding hydrogens is 421 g/mol. The Bertz CT molecular complexity index is 1140. The Morgan fingerprint density at radius 2 is 1.76 bits per heavy atom. The first kappa shape index (κ1) is 24.0. The first-order valence-electron chi connectivity index (χ1n) is 10.5. The van der Waals surface area contributed by atoms with Gasteiger partial charge in [0.2, 0.25) is 0 Å². The standard InChI is InChI=1S/C27H28FNO4/c1-29(2)15-16-33-26-14-10-19(22-7-5-6-8-27(22)32-4)17-20(26)9-13-25(30)23-12-11-21(31-3)18-24(23)28/h5-14,17-18H,15-16H2,1-4H3/b13-9+. The molecule has 3 aromatic rings. The summed E-state index contributed by atoms with van der Waals surface area (Å²) in [5.74, 6) is 0.653. The second kappa shape index (κ2) is 11.3. The number of ether oxygens (including phenoxy) is 3. The summed E-state index contributed by atoms with van der Waals surface area (Å²) < 4.78 is 30.8. The highest BCUT2D eigenvalue weighted by molar-refractivity contribution is 6.07. The van der Waals surface area contributed by atoms with E-state index in [-0.39, 0.29) is 5.56 Å². The molecule has 0 saturated carbocycles. The van der Waals surface area contributed by atoms with E-state index in [1.807, 2.05) is 61.5 Å². The number of methoxy groups -OCH3 is 2. The van der Waals surface area contributed by atoms with Gasteiger partial charge in [0, 0.05) is 23.7 Å². The summed E-state index contributed by atoms with van der Waals surface area (Å²) in [7, 11) is 7.01. The minimum absolute atomic E-state index is 0.0250. The molecule has 33 heavy (non-hydrogen) atoms. The lowest BCUT2D eigenvalue weighted by Crippen LogP contribution is -2.19. The predicted molar refractivity (Wildman–Crippen MR) is 129 cm³/mol. The highest BCUT2D eigenvalue weighted by atomic mass is 19.1. The van der Waals surface area contributed by atoms with Crippen LogP contribution in [0, 0.1) is 5.82 Å². The van der Waals surface area contributed by atoms with E-state index in [4.69, 9.17) is 14.2 Å². The summed E-state index contributed by atoms with van der Waals surface area (Å²) in [6.45, 7) is 1.23. The summed E-state index contributed by atoms with van der Waals surface area (Å²) in [6, 6.07) is 17.6. The van der Waals surface area contributed by atoms with Crippen LogP contribution in [0.25, 0.3) is 17.2 Å². The van der Waals surface area contributed by atoms with E-state index >= 15 is 0 Å². The zero-order valence-electron chi connectivity index (χ0n) is 19.3. The third-order valence-corrected chi connectivity index (χ3v) is 5.08. The fourth-order valence-corrected chi connectivity index (χ4v) is 3.28. The Kier molecular flexibility index (Phi) is 8.22. The summed E-state index contributed by atoms with van der Waals surface area (Å²) in [5, 5.41) is 0. The topological polar surface area (TPSA) is 48.0 Å². The minimum Gasteiger partial charge on any atom is -0.497 e. The van der Waals surface area contributed by atoms with Crippen molar-refractivity contribution >= 4 is 11.9 Å². The van der Waals surface area contributed by atoms with Gasteiger partial charge in [-0.15, -0.1) is 0 Å². The molecule has 0 saturated heterocycles. The van der Waals surface area contributed by atoms with Gasteiger partial charge in [-0.05, 0) is 62.1 Å². The zero-order chi connectivity index (χ0) is 23.8. The van der Waals surface area contributed by atoms with Gasteiger partial charge < -0.3 is 19.1 Å². The number of para-hydroxylation sites is 1. The maximum Gasteiger partial charge on any atom is 0.188 e. The Hall–Kier alpha value is -3.64. The second-order valence-corrected chi connectivity index (χ2v) is 7.65. The number of hydrogen-bond acceptors (Lipinski definition) is 5. The first-order chi connectivity index (χ1) is 15.9. The van der Waals surface area contributed by atoms with Crippen molar-refractivity contribution in [2.45, 2.75) is 0 Å². The van der Waals surface area contributed by atoms with Gasteiger partial charge in [-0.1, -0.05) is 24.3 Å². The van der Waals surface area contributed by atoms with Crippen molar-refractivity contribution in [1.82, 2.24) is 4.90 Å². The molecule has 0 heterocycles. The van der Waals surface area contributed by atoms with Gasteiger partial charge in [-0.25, -0.2) is 4.39 Å². The molecule has 0 unspecified atom stereocenters. The molecule has 0 aliphatic rings. The molecule has 0 amide bonds. The van der Waals surface area contributed by atoms with Crippen LogP contribution in [0.15, 0.2) is 66.7 Å². The van der Waals surface area contributed by atoms with E-state index in [1.165, 1.54) is 25.3 Å². The van der Waals surface area contributed by atoms with Gasteiger partial charge >= 0.3 is 0 Å². The molecule has 0 aromatic heterocycles. The third kappa shape index (κ3) is 6.20. The number of nitrogens with zero attached hydrogens (tertiary/aromatic N) is 1.